The summed E-state index contributed by atoms with van der Waals surface area (Å²) in [6, 6.07) is 6.24. The van der Waals surface area contributed by atoms with Crippen molar-refractivity contribution in [3.05, 3.63) is 30.1 Å². The topological polar surface area (TPSA) is 89.0 Å². The minimum absolute atomic E-state index is 0. The lowest BCUT2D eigenvalue weighted by Crippen LogP contribution is -2.39. The summed E-state index contributed by atoms with van der Waals surface area (Å²) in [5.41, 5.74) is 0. The number of ether oxygens (including phenoxy) is 2. The van der Waals surface area contributed by atoms with Crippen LogP contribution < -0.4 is 15.4 Å². The van der Waals surface area contributed by atoms with E-state index >= 15 is 0 Å². The number of guanidine groups is 1. The van der Waals surface area contributed by atoms with Gasteiger partial charge in [-0.25, -0.2) is 17.8 Å². The zero-order valence-electron chi connectivity index (χ0n) is 15.9. The molecule has 1 rings (SSSR count). The summed E-state index contributed by atoms with van der Waals surface area (Å²) >= 11 is 0. The predicted octanol–water partition coefficient (Wildman–Crippen LogP) is 1.83. The van der Waals surface area contributed by atoms with Crippen LogP contribution in [0.1, 0.15) is 13.8 Å². The summed E-state index contributed by atoms with van der Waals surface area (Å²) in [6.07, 6.45) is 0.878. The first kappa shape index (κ1) is 25.9. The lowest BCUT2D eigenvalue weighted by molar-refractivity contribution is 0.154. The SMILES string of the molecule is CCNC(=NCC(C)Oc1ccccc1F)NCCOCCS(C)(=O)=O.I. The Morgan fingerprint density at radius 3 is 2.59 bits per heavy atom. The van der Waals surface area contributed by atoms with Crippen molar-refractivity contribution in [2.75, 3.05) is 44.9 Å². The molecule has 1 unspecified atom stereocenters. The molecule has 0 bridgehead atoms. The molecule has 1 atom stereocenters. The van der Waals surface area contributed by atoms with Gasteiger partial charge in [0, 0.05) is 19.3 Å². The maximum atomic E-state index is 13.6. The van der Waals surface area contributed by atoms with Crippen molar-refractivity contribution >= 4 is 39.8 Å². The monoisotopic (exact) mass is 517 g/mol. The molecule has 0 radical (unpaired) electrons. The summed E-state index contributed by atoms with van der Waals surface area (Å²) in [4.78, 5) is 4.39. The number of para-hydroxylation sites is 1. The Morgan fingerprint density at radius 2 is 1.96 bits per heavy atom. The summed E-state index contributed by atoms with van der Waals surface area (Å²) in [7, 11) is -3.01. The first-order chi connectivity index (χ1) is 12.3. The molecule has 0 aromatic heterocycles. The molecule has 0 aliphatic heterocycles. The number of rotatable bonds is 11. The van der Waals surface area contributed by atoms with E-state index in [1.165, 1.54) is 12.3 Å². The molecule has 0 aliphatic rings. The largest absolute Gasteiger partial charge is 0.486 e. The maximum Gasteiger partial charge on any atom is 0.191 e. The number of sulfone groups is 1. The second-order valence-corrected chi connectivity index (χ2v) is 8.01. The zero-order valence-corrected chi connectivity index (χ0v) is 19.1. The maximum absolute atomic E-state index is 13.6. The van der Waals surface area contributed by atoms with E-state index in [4.69, 9.17) is 9.47 Å². The molecule has 0 fully saturated rings. The highest BCUT2D eigenvalue weighted by Gasteiger charge is 2.08. The number of hydrogen-bond donors (Lipinski definition) is 2. The molecule has 0 amide bonds. The minimum Gasteiger partial charge on any atom is -0.486 e. The average Bonchev–Trinajstić information content (AvgIpc) is 2.56. The van der Waals surface area contributed by atoms with E-state index < -0.39 is 15.7 Å². The first-order valence-electron chi connectivity index (χ1n) is 8.50. The number of nitrogens with one attached hydrogen (secondary N) is 2. The van der Waals surface area contributed by atoms with Crippen molar-refractivity contribution < 1.29 is 22.3 Å². The third kappa shape index (κ3) is 12.8. The number of halogens is 2. The van der Waals surface area contributed by atoms with Gasteiger partial charge in [0.05, 0.1) is 25.5 Å². The van der Waals surface area contributed by atoms with E-state index in [0.29, 0.717) is 32.2 Å². The molecule has 27 heavy (non-hydrogen) atoms. The molecule has 0 saturated heterocycles. The minimum atomic E-state index is -3.01. The third-order valence-corrected chi connectivity index (χ3v) is 4.06. The van der Waals surface area contributed by atoms with E-state index in [-0.39, 0.29) is 48.2 Å². The average molecular weight is 517 g/mol. The van der Waals surface area contributed by atoms with Crippen molar-refractivity contribution in [1.29, 1.82) is 0 Å². The summed E-state index contributed by atoms with van der Waals surface area (Å²) in [5, 5.41) is 6.17. The van der Waals surface area contributed by atoms with Crippen molar-refractivity contribution in [1.82, 2.24) is 10.6 Å². The van der Waals surface area contributed by atoms with E-state index in [2.05, 4.69) is 15.6 Å². The second-order valence-electron chi connectivity index (χ2n) is 5.75. The Bertz CT molecular complexity index is 674. The van der Waals surface area contributed by atoms with Crippen LogP contribution in [0.2, 0.25) is 0 Å². The number of nitrogens with zero attached hydrogens (tertiary/aromatic N) is 1. The number of benzene rings is 1. The summed E-state index contributed by atoms with van der Waals surface area (Å²) in [6.45, 7) is 5.80. The highest BCUT2D eigenvalue weighted by Crippen LogP contribution is 2.16. The van der Waals surface area contributed by atoms with Crippen LogP contribution in [-0.4, -0.2) is 65.3 Å². The Balaban J connectivity index is 0.00000676. The normalized spacial score (nSPS) is 12.8. The molecular weight excluding hydrogens is 488 g/mol. The van der Waals surface area contributed by atoms with Gasteiger partial charge in [-0.15, -0.1) is 24.0 Å². The second kappa shape index (κ2) is 13.9. The summed E-state index contributed by atoms with van der Waals surface area (Å²) in [5.74, 6) is 0.390. The van der Waals surface area contributed by atoms with Gasteiger partial charge in [-0.2, -0.15) is 0 Å². The van der Waals surface area contributed by atoms with Gasteiger partial charge in [-0.1, -0.05) is 12.1 Å². The molecule has 156 valence electrons. The third-order valence-electron chi connectivity index (χ3n) is 3.15. The van der Waals surface area contributed by atoms with E-state index in [9.17, 15) is 12.8 Å². The van der Waals surface area contributed by atoms with Crippen LogP contribution in [0.3, 0.4) is 0 Å². The molecule has 10 heteroatoms. The van der Waals surface area contributed by atoms with Gasteiger partial charge in [0.2, 0.25) is 0 Å². The van der Waals surface area contributed by atoms with Gasteiger partial charge in [0.1, 0.15) is 15.9 Å². The molecule has 0 spiro atoms. The molecule has 0 aliphatic carbocycles. The Hall–Kier alpha value is -1.14. The van der Waals surface area contributed by atoms with Crippen LogP contribution in [0.4, 0.5) is 4.39 Å². The first-order valence-corrected chi connectivity index (χ1v) is 10.6. The van der Waals surface area contributed by atoms with Crippen LogP contribution in [0.15, 0.2) is 29.3 Å². The Labute approximate surface area is 178 Å². The molecule has 1 aromatic rings. The Morgan fingerprint density at radius 1 is 1.26 bits per heavy atom. The molecule has 0 heterocycles. The van der Waals surface area contributed by atoms with Crippen molar-refractivity contribution in [3.8, 4) is 5.75 Å². The van der Waals surface area contributed by atoms with Crippen LogP contribution in [0.5, 0.6) is 5.75 Å². The highest BCUT2D eigenvalue weighted by molar-refractivity contribution is 14.0. The lowest BCUT2D eigenvalue weighted by Gasteiger charge is -2.15. The van der Waals surface area contributed by atoms with Crippen LogP contribution in [0.25, 0.3) is 0 Å². The van der Waals surface area contributed by atoms with Gasteiger partial charge in [-0.3, -0.25) is 0 Å². The van der Waals surface area contributed by atoms with Crippen LogP contribution >= 0.6 is 24.0 Å². The zero-order chi connectivity index (χ0) is 19.4. The molecule has 0 saturated carbocycles. The van der Waals surface area contributed by atoms with E-state index in [1.807, 2.05) is 13.8 Å². The fourth-order valence-electron chi connectivity index (χ4n) is 1.91. The smallest absolute Gasteiger partial charge is 0.191 e. The van der Waals surface area contributed by atoms with Gasteiger partial charge in [-0.05, 0) is 26.0 Å². The standard InChI is InChI=1S/C17H28FN3O4S.HI/c1-4-19-17(20-9-10-24-11-12-26(3,22)23)21-13-14(2)25-16-8-6-5-7-15(16)18;/h5-8,14H,4,9-13H2,1-3H3,(H2,19,20,21);1H. The fourth-order valence-corrected chi connectivity index (χ4v) is 2.33. The van der Waals surface area contributed by atoms with Crippen LogP contribution in [0, 0.1) is 5.82 Å². The summed E-state index contributed by atoms with van der Waals surface area (Å²) < 4.78 is 46.4. The van der Waals surface area contributed by atoms with Gasteiger partial charge >= 0.3 is 0 Å². The van der Waals surface area contributed by atoms with Crippen molar-refractivity contribution in [3.63, 3.8) is 0 Å². The van der Waals surface area contributed by atoms with Crippen LogP contribution in [-0.2, 0) is 14.6 Å². The van der Waals surface area contributed by atoms with Crippen molar-refractivity contribution in [2.45, 2.75) is 20.0 Å². The molecule has 1 aromatic carbocycles. The van der Waals surface area contributed by atoms with Gasteiger partial charge in [0.15, 0.2) is 17.5 Å². The van der Waals surface area contributed by atoms with E-state index in [1.54, 1.807) is 18.2 Å². The molecule has 2 N–H and O–H groups in total. The quantitative estimate of drug-likeness (QED) is 0.202. The predicted molar refractivity (Wildman–Crippen MR) is 116 cm³/mol. The Kier molecular flexibility index (Phi) is 13.4. The molecule has 7 nitrogen and oxygen atoms in total. The van der Waals surface area contributed by atoms with E-state index in [0.717, 1.165) is 0 Å². The fraction of sp³-hybridized carbons (Fsp3) is 0.588. The van der Waals surface area contributed by atoms with Gasteiger partial charge in [0.25, 0.3) is 0 Å². The number of aliphatic imine (C=N–C) groups is 1. The lowest BCUT2D eigenvalue weighted by atomic mass is 10.3. The molecular formula is C17H29FIN3O4S. The van der Waals surface area contributed by atoms with Crippen molar-refractivity contribution in [2.24, 2.45) is 4.99 Å². The highest BCUT2D eigenvalue weighted by atomic mass is 127. The van der Waals surface area contributed by atoms with Gasteiger partial charge < -0.3 is 20.1 Å². The number of hydrogen-bond acceptors (Lipinski definition) is 5.